The number of carbonyl (C=O) groups is 1. The lowest BCUT2D eigenvalue weighted by Crippen LogP contribution is -2.41. The van der Waals surface area contributed by atoms with Crippen molar-refractivity contribution >= 4 is 24.4 Å². The number of methoxy groups -OCH3 is 1. The first-order valence-corrected chi connectivity index (χ1v) is 9.23. The number of nitrogens with one attached hydrogen (secondary N) is 1. The Labute approximate surface area is 166 Å². The summed E-state index contributed by atoms with van der Waals surface area (Å²) >= 11 is 0. The van der Waals surface area contributed by atoms with E-state index in [2.05, 4.69) is 5.32 Å². The molecule has 1 fully saturated rings. The second kappa shape index (κ2) is 7.85. The number of amides is 1. The van der Waals surface area contributed by atoms with Crippen molar-refractivity contribution in [3.05, 3.63) is 54.1 Å². The molecule has 1 N–H and O–H groups in total. The molecule has 0 spiro atoms. The van der Waals surface area contributed by atoms with Crippen molar-refractivity contribution in [2.24, 2.45) is 0 Å². The van der Waals surface area contributed by atoms with Crippen LogP contribution in [-0.2, 0) is 20.7 Å². The largest absolute Gasteiger partial charge is 0.497 e. The Morgan fingerprint density at radius 2 is 1.68 bits per heavy atom. The van der Waals surface area contributed by atoms with Crippen molar-refractivity contribution < 1.29 is 23.6 Å². The molecular formula is C21H26BNO5. The molecule has 0 aromatic heterocycles. The summed E-state index contributed by atoms with van der Waals surface area (Å²) in [4.78, 5) is 12.4. The molecule has 0 atom stereocenters. The molecule has 28 heavy (non-hydrogen) atoms. The Bertz CT molecular complexity index is 822. The van der Waals surface area contributed by atoms with Crippen molar-refractivity contribution in [1.82, 2.24) is 0 Å². The molecule has 0 saturated carbocycles. The summed E-state index contributed by atoms with van der Waals surface area (Å²) in [5.41, 5.74) is 1.17. The van der Waals surface area contributed by atoms with Crippen molar-refractivity contribution in [3.63, 3.8) is 0 Å². The molecule has 0 radical (unpaired) electrons. The Morgan fingerprint density at radius 3 is 2.29 bits per heavy atom. The van der Waals surface area contributed by atoms with Gasteiger partial charge in [-0.1, -0.05) is 36.4 Å². The predicted molar refractivity (Wildman–Crippen MR) is 109 cm³/mol. The van der Waals surface area contributed by atoms with Gasteiger partial charge >= 0.3 is 13.2 Å². The van der Waals surface area contributed by atoms with E-state index < -0.39 is 24.4 Å². The van der Waals surface area contributed by atoms with Gasteiger partial charge in [-0.3, -0.25) is 5.32 Å². The normalized spacial score (nSPS) is 17.2. The minimum absolute atomic E-state index is 0.183. The second-order valence-corrected chi connectivity index (χ2v) is 7.73. The van der Waals surface area contributed by atoms with Gasteiger partial charge in [-0.15, -0.1) is 0 Å². The number of ether oxygens (including phenoxy) is 2. The van der Waals surface area contributed by atoms with Crippen molar-refractivity contribution in [3.8, 4) is 5.75 Å². The van der Waals surface area contributed by atoms with Gasteiger partial charge < -0.3 is 18.8 Å². The van der Waals surface area contributed by atoms with Crippen LogP contribution in [0.25, 0.3) is 0 Å². The van der Waals surface area contributed by atoms with Gasteiger partial charge in [0.05, 0.1) is 18.3 Å². The summed E-state index contributed by atoms with van der Waals surface area (Å²) in [6.45, 7) is 8.12. The summed E-state index contributed by atoms with van der Waals surface area (Å²) in [5, 5.41) is 2.79. The van der Waals surface area contributed by atoms with Crippen LogP contribution in [0.4, 0.5) is 10.5 Å². The van der Waals surface area contributed by atoms with E-state index >= 15 is 0 Å². The van der Waals surface area contributed by atoms with E-state index in [0.29, 0.717) is 16.9 Å². The summed E-state index contributed by atoms with van der Waals surface area (Å²) in [5.74, 6) is 0.610. The highest BCUT2D eigenvalue weighted by Crippen LogP contribution is 2.37. The van der Waals surface area contributed by atoms with Crippen LogP contribution in [0, 0.1) is 0 Å². The molecular weight excluding hydrogens is 357 g/mol. The monoisotopic (exact) mass is 383 g/mol. The first-order valence-electron chi connectivity index (χ1n) is 9.23. The highest BCUT2D eigenvalue weighted by molar-refractivity contribution is 6.64. The number of rotatable bonds is 5. The third-order valence-electron chi connectivity index (χ3n) is 5.22. The zero-order chi connectivity index (χ0) is 20.4. The van der Waals surface area contributed by atoms with Gasteiger partial charge in [-0.25, -0.2) is 4.79 Å². The molecule has 0 bridgehead atoms. The van der Waals surface area contributed by atoms with Crippen molar-refractivity contribution in [2.75, 3.05) is 12.4 Å². The van der Waals surface area contributed by atoms with E-state index in [1.54, 1.807) is 19.2 Å². The maximum absolute atomic E-state index is 12.4. The SMILES string of the molecule is COc1ccc(B2OC(C)(C)C(C)(C)O2)c(NC(=O)OCc2ccccc2)c1. The van der Waals surface area contributed by atoms with E-state index in [1.165, 1.54) is 0 Å². The molecule has 2 aromatic rings. The van der Waals surface area contributed by atoms with Crippen LogP contribution in [-0.4, -0.2) is 31.5 Å². The van der Waals surface area contributed by atoms with Gasteiger partial charge in [0.15, 0.2) is 0 Å². The smallest absolute Gasteiger partial charge is 0.496 e. The first-order chi connectivity index (χ1) is 13.2. The van der Waals surface area contributed by atoms with Crippen LogP contribution >= 0.6 is 0 Å². The Hall–Kier alpha value is -2.51. The van der Waals surface area contributed by atoms with Crippen LogP contribution in [0.5, 0.6) is 5.75 Å². The molecule has 3 rings (SSSR count). The van der Waals surface area contributed by atoms with E-state index in [1.807, 2.05) is 64.1 Å². The number of benzene rings is 2. The van der Waals surface area contributed by atoms with Crippen molar-refractivity contribution in [1.29, 1.82) is 0 Å². The van der Waals surface area contributed by atoms with Gasteiger partial charge in [0.2, 0.25) is 0 Å². The average Bonchev–Trinajstić information content (AvgIpc) is 2.88. The number of hydrogen-bond donors (Lipinski definition) is 1. The summed E-state index contributed by atoms with van der Waals surface area (Å²) in [6, 6.07) is 14.9. The molecule has 2 aromatic carbocycles. The Morgan fingerprint density at radius 1 is 1.04 bits per heavy atom. The topological polar surface area (TPSA) is 66.0 Å². The summed E-state index contributed by atoms with van der Waals surface area (Å²) in [7, 11) is 0.960. The molecule has 6 nitrogen and oxygen atoms in total. The van der Waals surface area contributed by atoms with Gasteiger partial charge in [0.25, 0.3) is 0 Å². The highest BCUT2D eigenvalue weighted by Gasteiger charge is 2.52. The molecule has 1 heterocycles. The quantitative estimate of drug-likeness (QED) is 0.797. The third kappa shape index (κ3) is 4.31. The van der Waals surface area contributed by atoms with E-state index in [9.17, 15) is 4.79 Å². The predicted octanol–water partition coefficient (Wildman–Crippen LogP) is 3.74. The lowest BCUT2D eigenvalue weighted by atomic mass is 9.77. The molecule has 1 saturated heterocycles. The van der Waals surface area contributed by atoms with E-state index in [4.69, 9.17) is 18.8 Å². The number of carbonyl (C=O) groups excluding carboxylic acids is 1. The lowest BCUT2D eigenvalue weighted by Gasteiger charge is -2.32. The molecule has 0 aliphatic carbocycles. The van der Waals surface area contributed by atoms with Gasteiger partial charge in [0, 0.05) is 17.2 Å². The molecule has 7 heteroatoms. The summed E-state index contributed by atoms with van der Waals surface area (Å²) < 4.78 is 22.9. The maximum Gasteiger partial charge on any atom is 0.496 e. The van der Waals surface area contributed by atoms with E-state index in [0.717, 1.165) is 5.56 Å². The standard InChI is InChI=1S/C21H26BNO5/c1-20(2)21(3,4)28-22(27-20)17-12-11-16(25-5)13-18(17)23-19(24)26-14-15-9-7-6-8-10-15/h6-13H,14H2,1-5H3,(H,23,24). The third-order valence-corrected chi connectivity index (χ3v) is 5.22. The minimum Gasteiger partial charge on any atom is -0.497 e. The Kier molecular flexibility index (Phi) is 5.68. The number of anilines is 1. The zero-order valence-electron chi connectivity index (χ0n) is 16.9. The average molecular weight is 383 g/mol. The van der Waals surface area contributed by atoms with E-state index in [-0.39, 0.29) is 6.61 Å². The van der Waals surface area contributed by atoms with Crippen LogP contribution in [0.15, 0.2) is 48.5 Å². The first kappa shape index (κ1) is 20.2. The fourth-order valence-corrected chi connectivity index (χ4v) is 2.82. The minimum atomic E-state index is -0.611. The molecule has 148 valence electrons. The fraction of sp³-hybridized carbons (Fsp3) is 0.381. The van der Waals surface area contributed by atoms with Crippen LogP contribution in [0.3, 0.4) is 0 Å². The van der Waals surface area contributed by atoms with Gasteiger partial charge in [-0.2, -0.15) is 0 Å². The van der Waals surface area contributed by atoms with Gasteiger partial charge in [0.1, 0.15) is 12.4 Å². The van der Waals surface area contributed by atoms with Crippen LogP contribution in [0.1, 0.15) is 33.3 Å². The second-order valence-electron chi connectivity index (χ2n) is 7.73. The Balaban J connectivity index is 1.77. The van der Waals surface area contributed by atoms with Gasteiger partial charge in [-0.05, 0) is 39.3 Å². The molecule has 1 amide bonds. The highest BCUT2D eigenvalue weighted by atomic mass is 16.7. The van der Waals surface area contributed by atoms with Crippen molar-refractivity contribution in [2.45, 2.75) is 45.5 Å². The maximum atomic E-state index is 12.4. The number of hydrogen-bond acceptors (Lipinski definition) is 5. The molecule has 1 aliphatic heterocycles. The van der Waals surface area contributed by atoms with Crippen LogP contribution < -0.4 is 15.5 Å². The summed E-state index contributed by atoms with van der Waals surface area (Å²) in [6.07, 6.45) is -0.560. The van der Waals surface area contributed by atoms with Crippen LogP contribution in [0.2, 0.25) is 0 Å². The molecule has 1 aliphatic rings. The zero-order valence-corrected chi connectivity index (χ0v) is 16.9. The molecule has 0 unspecified atom stereocenters. The fourth-order valence-electron chi connectivity index (χ4n) is 2.82. The lowest BCUT2D eigenvalue weighted by molar-refractivity contribution is 0.00578.